The molecule has 2 rings (SSSR count). The van der Waals surface area contributed by atoms with E-state index < -0.39 is 0 Å². The summed E-state index contributed by atoms with van der Waals surface area (Å²) in [4.78, 5) is 14.2. The topological polar surface area (TPSA) is 46.3 Å². The highest BCUT2D eigenvalue weighted by Crippen LogP contribution is 2.17. The molecular formula is C14H21ClN2O. The summed E-state index contributed by atoms with van der Waals surface area (Å²) < 4.78 is 0. The van der Waals surface area contributed by atoms with Gasteiger partial charge in [0.2, 0.25) is 5.91 Å². The van der Waals surface area contributed by atoms with E-state index in [0.717, 1.165) is 24.9 Å². The molecule has 0 spiro atoms. The summed E-state index contributed by atoms with van der Waals surface area (Å²) in [6.45, 7) is 1.45. The zero-order chi connectivity index (χ0) is 12.1. The van der Waals surface area contributed by atoms with Crippen molar-refractivity contribution in [3.05, 3.63) is 35.9 Å². The molecule has 1 amide bonds. The van der Waals surface area contributed by atoms with E-state index in [1.807, 2.05) is 35.2 Å². The van der Waals surface area contributed by atoms with Crippen molar-refractivity contribution in [1.29, 1.82) is 0 Å². The second-order valence-corrected chi connectivity index (χ2v) is 4.63. The molecule has 100 valence electrons. The molecule has 1 aromatic carbocycles. The van der Waals surface area contributed by atoms with Crippen LogP contribution in [0.25, 0.3) is 0 Å². The number of carbonyl (C=O) groups is 1. The molecule has 1 atom stereocenters. The van der Waals surface area contributed by atoms with Gasteiger partial charge in [0.25, 0.3) is 0 Å². The highest BCUT2D eigenvalue weighted by Gasteiger charge is 2.25. The predicted molar refractivity (Wildman–Crippen MR) is 75.8 cm³/mol. The molecule has 0 aromatic heterocycles. The lowest BCUT2D eigenvalue weighted by molar-refractivity contribution is -0.133. The number of rotatable bonds is 3. The summed E-state index contributed by atoms with van der Waals surface area (Å²) >= 11 is 0. The lowest BCUT2D eigenvalue weighted by Gasteiger charge is -2.35. The molecule has 0 saturated carbocycles. The Morgan fingerprint density at radius 2 is 2.00 bits per heavy atom. The monoisotopic (exact) mass is 268 g/mol. The number of halogens is 1. The van der Waals surface area contributed by atoms with Gasteiger partial charge < -0.3 is 10.6 Å². The third kappa shape index (κ3) is 3.72. The zero-order valence-electron chi connectivity index (χ0n) is 10.5. The lowest BCUT2D eigenvalue weighted by atomic mass is 10.0. The quantitative estimate of drug-likeness (QED) is 0.911. The van der Waals surface area contributed by atoms with E-state index >= 15 is 0 Å². The number of hydrogen-bond acceptors (Lipinski definition) is 2. The minimum absolute atomic E-state index is 0. The molecule has 3 nitrogen and oxygen atoms in total. The standard InChI is InChI=1S/C14H20N2O.ClH/c15-11-13-8-4-5-9-16(13)14(17)10-12-6-2-1-3-7-12;/h1-3,6-7,13H,4-5,8-11,15H2;1H. The van der Waals surface area contributed by atoms with Gasteiger partial charge in [-0.2, -0.15) is 0 Å². The summed E-state index contributed by atoms with van der Waals surface area (Å²) in [5.41, 5.74) is 6.81. The molecule has 0 aliphatic carbocycles. The SMILES string of the molecule is Cl.NCC1CCCCN1C(=O)Cc1ccccc1. The summed E-state index contributed by atoms with van der Waals surface area (Å²) in [5, 5.41) is 0. The van der Waals surface area contributed by atoms with Crippen LogP contribution in [0.5, 0.6) is 0 Å². The Bertz CT molecular complexity index is 369. The van der Waals surface area contributed by atoms with Gasteiger partial charge in [0.1, 0.15) is 0 Å². The number of hydrogen-bond donors (Lipinski definition) is 1. The average molecular weight is 269 g/mol. The molecule has 4 heteroatoms. The predicted octanol–water partition coefficient (Wildman–Crippen LogP) is 1.99. The van der Waals surface area contributed by atoms with Gasteiger partial charge in [0.15, 0.2) is 0 Å². The van der Waals surface area contributed by atoms with Gasteiger partial charge in [-0.3, -0.25) is 4.79 Å². The van der Waals surface area contributed by atoms with Crippen molar-refractivity contribution in [2.75, 3.05) is 13.1 Å². The van der Waals surface area contributed by atoms with Crippen molar-refractivity contribution in [2.45, 2.75) is 31.7 Å². The Morgan fingerprint density at radius 3 is 2.67 bits per heavy atom. The molecule has 2 N–H and O–H groups in total. The number of nitrogens with zero attached hydrogens (tertiary/aromatic N) is 1. The van der Waals surface area contributed by atoms with Crippen LogP contribution in [-0.4, -0.2) is 29.9 Å². The fraction of sp³-hybridized carbons (Fsp3) is 0.500. The number of nitrogens with two attached hydrogens (primary N) is 1. The van der Waals surface area contributed by atoms with Crippen LogP contribution in [0.15, 0.2) is 30.3 Å². The van der Waals surface area contributed by atoms with Crippen LogP contribution >= 0.6 is 12.4 Å². The number of likely N-dealkylation sites (tertiary alicyclic amines) is 1. The molecule has 1 fully saturated rings. The van der Waals surface area contributed by atoms with E-state index in [9.17, 15) is 4.79 Å². The van der Waals surface area contributed by atoms with E-state index in [2.05, 4.69) is 0 Å². The van der Waals surface area contributed by atoms with Crippen molar-refractivity contribution in [2.24, 2.45) is 5.73 Å². The minimum atomic E-state index is 0. The van der Waals surface area contributed by atoms with Crippen LogP contribution in [0.2, 0.25) is 0 Å². The van der Waals surface area contributed by atoms with Crippen LogP contribution in [0.1, 0.15) is 24.8 Å². The van der Waals surface area contributed by atoms with Gasteiger partial charge >= 0.3 is 0 Å². The smallest absolute Gasteiger partial charge is 0.227 e. The van der Waals surface area contributed by atoms with Crippen LogP contribution in [0.4, 0.5) is 0 Å². The molecule has 1 saturated heterocycles. The highest BCUT2D eigenvalue weighted by atomic mass is 35.5. The van der Waals surface area contributed by atoms with E-state index in [-0.39, 0.29) is 24.4 Å². The summed E-state index contributed by atoms with van der Waals surface area (Å²) in [6, 6.07) is 10.2. The largest absolute Gasteiger partial charge is 0.338 e. The first-order valence-corrected chi connectivity index (χ1v) is 6.34. The third-order valence-corrected chi connectivity index (χ3v) is 3.42. The maximum atomic E-state index is 12.2. The first kappa shape index (κ1) is 15.0. The Hall–Kier alpha value is -1.06. The van der Waals surface area contributed by atoms with Crippen molar-refractivity contribution < 1.29 is 4.79 Å². The number of amides is 1. The Balaban J connectivity index is 0.00000162. The van der Waals surface area contributed by atoms with E-state index in [4.69, 9.17) is 5.73 Å². The number of piperidine rings is 1. The van der Waals surface area contributed by atoms with E-state index in [1.165, 1.54) is 6.42 Å². The van der Waals surface area contributed by atoms with Crippen molar-refractivity contribution in [1.82, 2.24) is 4.90 Å². The first-order chi connectivity index (χ1) is 8.31. The Kier molecular flexibility index (Phi) is 6.16. The third-order valence-electron chi connectivity index (χ3n) is 3.42. The molecular weight excluding hydrogens is 248 g/mol. The average Bonchev–Trinajstić information content (AvgIpc) is 2.40. The molecule has 1 aliphatic heterocycles. The van der Waals surface area contributed by atoms with E-state index in [0.29, 0.717) is 13.0 Å². The maximum absolute atomic E-state index is 12.2. The van der Waals surface area contributed by atoms with Gasteiger partial charge in [-0.05, 0) is 24.8 Å². The second kappa shape index (κ2) is 7.39. The number of benzene rings is 1. The lowest BCUT2D eigenvalue weighted by Crippen LogP contribution is -2.48. The fourth-order valence-electron chi connectivity index (χ4n) is 2.45. The molecule has 0 bridgehead atoms. The van der Waals surface area contributed by atoms with Gasteiger partial charge in [0.05, 0.1) is 6.42 Å². The van der Waals surface area contributed by atoms with Gasteiger partial charge in [-0.25, -0.2) is 0 Å². The molecule has 18 heavy (non-hydrogen) atoms. The van der Waals surface area contributed by atoms with Gasteiger partial charge in [0, 0.05) is 19.1 Å². The van der Waals surface area contributed by atoms with Gasteiger partial charge in [-0.1, -0.05) is 30.3 Å². The molecule has 1 unspecified atom stereocenters. The minimum Gasteiger partial charge on any atom is -0.338 e. The number of carbonyl (C=O) groups excluding carboxylic acids is 1. The van der Waals surface area contributed by atoms with Crippen molar-refractivity contribution >= 4 is 18.3 Å². The van der Waals surface area contributed by atoms with Crippen LogP contribution in [0, 0.1) is 0 Å². The van der Waals surface area contributed by atoms with Crippen LogP contribution < -0.4 is 5.73 Å². The van der Waals surface area contributed by atoms with Crippen LogP contribution in [0.3, 0.4) is 0 Å². The molecule has 1 aromatic rings. The summed E-state index contributed by atoms with van der Waals surface area (Å²) in [6.07, 6.45) is 3.85. The highest BCUT2D eigenvalue weighted by molar-refractivity contribution is 5.85. The molecule has 0 radical (unpaired) electrons. The van der Waals surface area contributed by atoms with Crippen LogP contribution in [-0.2, 0) is 11.2 Å². The second-order valence-electron chi connectivity index (χ2n) is 4.63. The maximum Gasteiger partial charge on any atom is 0.227 e. The Morgan fingerprint density at radius 1 is 1.28 bits per heavy atom. The summed E-state index contributed by atoms with van der Waals surface area (Å²) in [5.74, 6) is 0.214. The van der Waals surface area contributed by atoms with Gasteiger partial charge in [-0.15, -0.1) is 12.4 Å². The molecule has 1 aliphatic rings. The fourth-order valence-corrected chi connectivity index (χ4v) is 2.45. The zero-order valence-corrected chi connectivity index (χ0v) is 11.4. The Labute approximate surface area is 115 Å². The summed E-state index contributed by atoms with van der Waals surface area (Å²) in [7, 11) is 0. The van der Waals surface area contributed by atoms with Crippen molar-refractivity contribution in [3.8, 4) is 0 Å². The normalized spacial score (nSPS) is 19.2. The molecule has 1 heterocycles. The van der Waals surface area contributed by atoms with Crippen molar-refractivity contribution in [3.63, 3.8) is 0 Å². The van der Waals surface area contributed by atoms with E-state index in [1.54, 1.807) is 0 Å². The first-order valence-electron chi connectivity index (χ1n) is 6.34.